The van der Waals surface area contributed by atoms with Crippen LogP contribution in [0.15, 0.2) is 6.20 Å². The molecule has 1 aliphatic carbocycles. The number of aryl methyl sites for hydroxylation is 1. The fourth-order valence-electron chi connectivity index (χ4n) is 2.25. The average Bonchev–Trinajstić information content (AvgIpc) is 2.48. The maximum Gasteiger partial charge on any atom is 0.110 e. The van der Waals surface area contributed by atoms with E-state index in [4.69, 9.17) is 0 Å². The molecule has 1 aliphatic rings. The molecular formula is C10H17N3O. The topological polar surface area (TPSA) is 50.9 Å². The lowest BCUT2D eigenvalue weighted by Crippen LogP contribution is -2.40. The molecule has 1 heterocycles. The van der Waals surface area contributed by atoms with Gasteiger partial charge in [0, 0.05) is 7.05 Å². The Balaban J connectivity index is 2.31. The van der Waals surface area contributed by atoms with Gasteiger partial charge in [-0.3, -0.25) is 0 Å². The second kappa shape index (κ2) is 3.35. The molecule has 0 radical (unpaired) electrons. The number of aromatic nitrogens is 3. The van der Waals surface area contributed by atoms with Gasteiger partial charge in [-0.1, -0.05) is 18.6 Å². The molecule has 0 aromatic carbocycles. The Morgan fingerprint density at radius 1 is 1.64 bits per heavy atom. The summed E-state index contributed by atoms with van der Waals surface area (Å²) in [6.45, 7) is 2.02. The van der Waals surface area contributed by atoms with Gasteiger partial charge in [-0.15, -0.1) is 5.10 Å². The van der Waals surface area contributed by atoms with E-state index in [-0.39, 0.29) is 0 Å². The highest BCUT2D eigenvalue weighted by molar-refractivity contribution is 5.11. The van der Waals surface area contributed by atoms with Gasteiger partial charge in [-0.2, -0.15) is 0 Å². The largest absolute Gasteiger partial charge is 0.383 e. The van der Waals surface area contributed by atoms with Crippen molar-refractivity contribution in [3.8, 4) is 0 Å². The fourth-order valence-corrected chi connectivity index (χ4v) is 2.25. The number of hydrogen-bond donors (Lipinski definition) is 1. The van der Waals surface area contributed by atoms with Gasteiger partial charge >= 0.3 is 0 Å². The van der Waals surface area contributed by atoms with E-state index in [1.54, 1.807) is 10.9 Å². The van der Waals surface area contributed by atoms with E-state index >= 15 is 0 Å². The first-order chi connectivity index (χ1) is 6.68. The molecular weight excluding hydrogens is 178 g/mol. The van der Waals surface area contributed by atoms with E-state index in [0.29, 0.717) is 5.92 Å². The van der Waals surface area contributed by atoms with Crippen LogP contribution in [0.4, 0.5) is 0 Å². The van der Waals surface area contributed by atoms with Crippen LogP contribution in [-0.4, -0.2) is 20.1 Å². The molecule has 0 aliphatic heterocycles. The van der Waals surface area contributed by atoms with E-state index < -0.39 is 5.60 Å². The SMILES string of the molecule is CCC(O)(c1cnnn1C)C1CCC1. The molecule has 0 amide bonds. The smallest absolute Gasteiger partial charge is 0.110 e. The van der Waals surface area contributed by atoms with Crippen molar-refractivity contribution < 1.29 is 5.11 Å². The third-order valence-corrected chi connectivity index (χ3v) is 3.48. The van der Waals surface area contributed by atoms with Gasteiger partial charge in [0.15, 0.2) is 0 Å². The molecule has 0 bridgehead atoms. The van der Waals surface area contributed by atoms with Gasteiger partial charge in [-0.25, -0.2) is 4.68 Å². The van der Waals surface area contributed by atoms with Crippen molar-refractivity contribution in [2.45, 2.75) is 38.2 Å². The van der Waals surface area contributed by atoms with Crippen LogP contribution >= 0.6 is 0 Å². The van der Waals surface area contributed by atoms with Gasteiger partial charge < -0.3 is 5.11 Å². The maximum atomic E-state index is 10.6. The predicted octanol–water partition coefficient (Wildman–Crippen LogP) is 1.21. The number of rotatable bonds is 3. The number of hydrogen-bond acceptors (Lipinski definition) is 3. The zero-order chi connectivity index (χ0) is 10.2. The Hall–Kier alpha value is -0.900. The standard InChI is InChI=1S/C10H17N3O/c1-3-10(14,8-5-4-6-8)9-7-11-12-13(9)2/h7-8,14H,3-6H2,1-2H3. The number of aliphatic hydroxyl groups is 1. The Morgan fingerprint density at radius 2 is 2.36 bits per heavy atom. The lowest BCUT2D eigenvalue weighted by atomic mass is 9.70. The zero-order valence-corrected chi connectivity index (χ0v) is 8.77. The third-order valence-electron chi connectivity index (χ3n) is 3.48. The molecule has 78 valence electrons. The van der Waals surface area contributed by atoms with Crippen molar-refractivity contribution in [1.29, 1.82) is 0 Å². The highest BCUT2D eigenvalue weighted by atomic mass is 16.3. The minimum atomic E-state index is -0.712. The summed E-state index contributed by atoms with van der Waals surface area (Å²) in [6, 6.07) is 0. The molecule has 1 aromatic rings. The Morgan fingerprint density at radius 3 is 2.71 bits per heavy atom. The second-order valence-electron chi connectivity index (χ2n) is 4.15. The van der Waals surface area contributed by atoms with E-state index in [0.717, 1.165) is 25.0 Å². The van der Waals surface area contributed by atoms with Crippen LogP contribution < -0.4 is 0 Å². The molecule has 1 N–H and O–H groups in total. The third kappa shape index (κ3) is 1.25. The highest BCUT2D eigenvalue weighted by Gasteiger charge is 2.42. The highest BCUT2D eigenvalue weighted by Crippen LogP contribution is 2.43. The van der Waals surface area contributed by atoms with Crippen molar-refractivity contribution >= 4 is 0 Å². The van der Waals surface area contributed by atoms with Crippen molar-refractivity contribution in [3.63, 3.8) is 0 Å². The van der Waals surface area contributed by atoms with Crippen molar-refractivity contribution in [1.82, 2.24) is 15.0 Å². The zero-order valence-electron chi connectivity index (χ0n) is 8.77. The summed E-state index contributed by atoms with van der Waals surface area (Å²) in [7, 11) is 1.83. The quantitative estimate of drug-likeness (QED) is 0.788. The summed E-state index contributed by atoms with van der Waals surface area (Å²) < 4.78 is 1.68. The van der Waals surface area contributed by atoms with Gasteiger partial charge in [0.2, 0.25) is 0 Å². The molecule has 14 heavy (non-hydrogen) atoms. The van der Waals surface area contributed by atoms with Crippen LogP contribution in [0, 0.1) is 5.92 Å². The Kier molecular flexibility index (Phi) is 2.31. The summed E-state index contributed by atoms with van der Waals surface area (Å²) in [5, 5.41) is 18.3. The Labute approximate surface area is 83.9 Å². The van der Waals surface area contributed by atoms with Crippen LogP contribution in [0.25, 0.3) is 0 Å². The summed E-state index contributed by atoms with van der Waals surface area (Å²) in [4.78, 5) is 0. The van der Waals surface area contributed by atoms with Gasteiger partial charge in [0.05, 0.1) is 11.9 Å². The summed E-state index contributed by atoms with van der Waals surface area (Å²) in [5.41, 5.74) is 0.140. The molecule has 2 rings (SSSR count). The molecule has 0 saturated heterocycles. The van der Waals surface area contributed by atoms with Crippen molar-refractivity contribution in [2.75, 3.05) is 0 Å². The molecule has 1 unspecified atom stereocenters. The van der Waals surface area contributed by atoms with Gasteiger partial charge in [0.25, 0.3) is 0 Å². The lowest BCUT2D eigenvalue weighted by Gasteiger charge is -2.40. The van der Waals surface area contributed by atoms with Gasteiger partial charge in [0.1, 0.15) is 5.60 Å². The summed E-state index contributed by atoms with van der Waals surface area (Å²) >= 11 is 0. The first-order valence-corrected chi connectivity index (χ1v) is 5.26. The first-order valence-electron chi connectivity index (χ1n) is 5.26. The predicted molar refractivity (Wildman–Crippen MR) is 52.5 cm³/mol. The molecule has 4 nitrogen and oxygen atoms in total. The van der Waals surface area contributed by atoms with Crippen LogP contribution in [0.5, 0.6) is 0 Å². The second-order valence-corrected chi connectivity index (χ2v) is 4.15. The van der Waals surface area contributed by atoms with Crippen LogP contribution in [0.2, 0.25) is 0 Å². The lowest BCUT2D eigenvalue weighted by molar-refractivity contribution is -0.0655. The van der Waals surface area contributed by atoms with Gasteiger partial charge in [-0.05, 0) is 25.2 Å². The van der Waals surface area contributed by atoms with E-state index in [2.05, 4.69) is 10.3 Å². The molecule has 1 saturated carbocycles. The van der Waals surface area contributed by atoms with E-state index in [1.807, 2.05) is 14.0 Å². The van der Waals surface area contributed by atoms with Crippen molar-refractivity contribution in [3.05, 3.63) is 11.9 Å². The van der Waals surface area contributed by atoms with Crippen LogP contribution in [0.3, 0.4) is 0 Å². The molecule has 1 atom stereocenters. The first kappa shape index (κ1) is 9.65. The van der Waals surface area contributed by atoms with E-state index in [9.17, 15) is 5.11 Å². The van der Waals surface area contributed by atoms with Crippen LogP contribution in [0.1, 0.15) is 38.3 Å². The fraction of sp³-hybridized carbons (Fsp3) is 0.800. The molecule has 4 heteroatoms. The molecule has 0 spiro atoms. The van der Waals surface area contributed by atoms with Crippen LogP contribution in [-0.2, 0) is 12.6 Å². The summed E-state index contributed by atoms with van der Waals surface area (Å²) in [6.07, 6.45) is 5.89. The minimum absolute atomic E-state index is 0.393. The number of nitrogens with zero attached hydrogens (tertiary/aromatic N) is 3. The van der Waals surface area contributed by atoms with Crippen molar-refractivity contribution in [2.24, 2.45) is 13.0 Å². The monoisotopic (exact) mass is 195 g/mol. The minimum Gasteiger partial charge on any atom is -0.383 e. The maximum absolute atomic E-state index is 10.6. The Bertz CT molecular complexity index is 319. The molecule has 1 fully saturated rings. The average molecular weight is 195 g/mol. The normalized spacial score (nSPS) is 21.6. The molecule has 1 aromatic heterocycles. The van der Waals surface area contributed by atoms with E-state index in [1.165, 1.54) is 6.42 Å². The summed E-state index contributed by atoms with van der Waals surface area (Å²) in [5.74, 6) is 0.393.